The molecule has 3 N–H and O–H groups in total. The summed E-state index contributed by atoms with van der Waals surface area (Å²) in [5.74, 6) is -1.43. The van der Waals surface area contributed by atoms with Crippen LogP contribution in [0.4, 0.5) is 10.8 Å². The molecule has 0 saturated carbocycles. The number of nitrogen functional groups attached to an aromatic ring is 1. The molecule has 0 saturated heterocycles. The smallest absolute Gasteiger partial charge is 0.343 e. The monoisotopic (exact) mass is 438 g/mol. The molecule has 0 atom stereocenters. The Morgan fingerprint density at radius 3 is 2.45 bits per heavy atom. The Bertz CT molecular complexity index is 929. The Labute approximate surface area is 176 Å². The highest BCUT2D eigenvalue weighted by atomic mass is 32.2. The number of nitrogens with two attached hydrogens (primary N) is 1. The molecule has 2 heterocycles. The third-order valence-electron chi connectivity index (χ3n) is 3.74. The highest BCUT2D eigenvalue weighted by Gasteiger charge is 2.22. The van der Waals surface area contributed by atoms with Crippen LogP contribution >= 0.6 is 23.1 Å². The number of anilines is 2. The van der Waals surface area contributed by atoms with Gasteiger partial charge in [-0.1, -0.05) is 11.8 Å². The van der Waals surface area contributed by atoms with Gasteiger partial charge in [-0.2, -0.15) is 0 Å². The van der Waals surface area contributed by atoms with Crippen LogP contribution in [0.2, 0.25) is 0 Å². The average molecular weight is 439 g/mol. The number of hydrogen-bond donors (Lipinski definition) is 2. The first kappa shape index (κ1) is 22.6. The number of carbonyl (C=O) groups excluding carboxylic acids is 3. The van der Waals surface area contributed by atoms with Crippen molar-refractivity contribution in [3.8, 4) is 0 Å². The number of aryl methyl sites for hydroxylation is 1. The minimum Gasteiger partial charge on any atom is -0.462 e. The highest BCUT2D eigenvalue weighted by Crippen LogP contribution is 2.33. The zero-order valence-corrected chi connectivity index (χ0v) is 18.2. The second-order valence-corrected chi connectivity index (χ2v) is 7.88. The van der Waals surface area contributed by atoms with Crippen LogP contribution in [-0.4, -0.2) is 46.8 Å². The quantitative estimate of drug-likeness (QED) is 0.362. The summed E-state index contributed by atoms with van der Waals surface area (Å²) in [6.45, 7) is 7.54. The second-order valence-electron chi connectivity index (χ2n) is 5.72. The molecule has 2 aromatic heterocycles. The molecule has 0 aliphatic rings. The van der Waals surface area contributed by atoms with E-state index >= 15 is 0 Å². The summed E-state index contributed by atoms with van der Waals surface area (Å²) in [6, 6.07) is 0. The van der Waals surface area contributed by atoms with Crippen LogP contribution in [0.25, 0.3) is 0 Å². The van der Waals surface area contributed by atoms with Crippen molar-refractivity contribution in [2.75, 3.05) is 30.0 Å². The number of amides is 1. The molecule has 11 heteroatoms. The van der Waals surface area contributed by atoms with Gasteiger partial charge in [0, 0.05) is 11.1 Å². The van der Waals surface area contributed by atoms with E-state index in [1.807, 2.05) is 13.8 Å². The summed E-state index contributed by atoms with van der Waals surface area (Å²) in [5, 5.41) is 3.43. The fourth-order valence-corrected chi connectivity index (χ4v) is 3.96. The van der Waals surface area contributed by atoms with Gasteiger partial charge in [0.1, 0.15) is 16.4 Å². The van der Waals surface area contributed by atoms with Gasteiger partial charge in [-0.25, -0.2) is 19.6 Å². The lowest BCUT2D eigenvalue weighted by Gasteiger charge is -2.08. The fourth-order valence-electron chi connectivity index (χ4n) is 2.27. The van der Waals surface area contributed by atoms with Crippen LogP contribution in [0.15, 0.2) is 11.4 Å². The van der Waals surface area contributed by atoms with Crippen molar-refractivity contribution in [1.29, 1.82) is 0 Å². The fraction of sp³-hybridized carbons (Fsp3) is 0.389. The number of nitrogens with one attached hydrogen (secondary N) is 1. The summed E-state index contributed by atoms with van der Waals surface area (Å²) in [4.78, 5) is 45.2. The molecule has 156 valence electrons. The predicted molar refractivity (Wildman–Crippen MR) is 112 cm³/mol. The third-order valence-corrected chi connectivity index (χ3v) is 5.73. The lowest BCUT2D eigenvalue weighted by atomic mass is 10.1. The molecule has 0 fully saturated rings. The molecule has 0 aliphatic heterocycles. The van der Waals surface area contributed by atoms with Gasteiger partial charge in [0.25, 0.3) is 0 Å². The van der Waals surface area contributed by atoms with Crippen LogP contribution in [0.5, 0.6) is 0 Å². The van der Waals surface area contributed by atoms with E-state index in [-0.39, 0.29) is 41.4 Å². The van der Waals surface area contributed by atoms with E-state index in [0.717, 1.165) is 22.2 Å². The first-order valence-electron chi connectivity index (χ1n) is 8.77. The lowest BCUT2D eigenvalue weighted by molar-refractivity contribution is -0.113. The lowest BCUT2D eigenvalue weighted by Crippen LogP contribution is -2.17. The number of thiophene rings is 1. The molecule has 2 rings (SSSR count). The SMILES string of the molecule is CCOC(=O)c1cnc(SCC(=O)Nc2sc(C)c(C)c2C(=O)OCC)nc1N. The Morgan fingerprint density at radius 2 is 1.83 bits per heavy atom. The van der Waals surface area contributed by atoms with E-state index in [0.29, 0.717) is 10.6 Å². The maximum absolute atomic E-state index is 12.3. The summed E-state index contributed by atoms with van der Waals surface area (Å²) in [7, 11) is 0. The summed E-state index contributed by atoms with van der Waals surface area (Å²) in [5.41, 5.74) is 6.99. The van der Waals surface area contributed by atoms with Gasteiger partial charge in [0.05, 0.1) is 24.5 Å². The van der Waals surface area contributed by atoms with E-state index in [1.165, 1.54) is 17.5 Å². The summed E-state index contributed by atoms with van der Waals surface area (Å²) in [6.07, 6.45) is 1.27. The number of esters is 2. The molecule has 9 nitrogen and oxygen atoms in total. The molecule has 0 spiro atoms. The Hall–Kier alpha value is -2.66. The van der Waals surface area contributed by atoms with Gasteiger partial charge in [-0.15, -0.1) is 11.3 Å². The van der Waals surface area contributed by atoms with E-state index in [4.69, 9.17) is 15.2 Å². The standard InChI is InChI=1S/C18H22N4O5S2/c1-5-26-16(24)11-7-20-18(22-14(11)19)28-8-12(23)21-15-13(17(25)27-6-2)9(3)10(4)29-15/h7H,5-6,8H2,1-4H3,(H,21,23)(H2,19,20,22). The minimum atomic E-state index is -0.603. The number of rotatable bonds is 8. The molecule has 0 aromatic carbocycles. The van der Waals surface area contributed by atoms with Crippen molar-refractivity contribution >= 4 is 51.8 Å². The van der Waals surface area contributed by atoms with Crippen LogP contribution in [0.3, 0.4) is 0 Å². The van der Waals surface area contributed by atoms with Crippen LogP contribution in [0.1, 0.15) is 45.0 Å². The number of carbonyl (C=O) groups is 3. The highest BCUT2D eigenvalue weighted by molar-refractivity contribution is 7.99. The maximum Gasteiger partial charge on any atom is 0.343 e. The Kier molecular flexibility index (Phi) is 7.97. The number of aromatic nitrogens is 2. The van der Waals surface area contributed by atoms with Gasteiger partial charge in [0.2, 0.25) is 5.91 Å². The molecule has 0 bridgehead atoms. The summed E-state index contributed by atoms with van der Waals surface area (Å²) >= 11 is 2.37. The van der Waals surface area contributed by atoms with Crippen molar-refractivity contribution in [2.24, 2.45) is 0 Å². The first-order chi connectivity index (χ1) is 13.8. The molecule has 2 aromatic rings. The maximum atomic E-state index is 12.3. The number of ether oxygens (including phenoxy) is 2. The van der Waals surface area contributed by atoms with E-state index in [1.54, 1.807) is 13.8 Å². The van der Waals surface area contributed by atoms with Gasteiger partial charge < -0.3 is 20.5 Å². The van der Waals surface area contributed by atoms with E-state index in [9.17, 15) is 14.4 Å². The van der Waals surface area contributed by atoms with Gasteiger partial charge in [-0.3, -0.25) is 4.79 Å². The molecule has 29 heavy (non-hydrogen) atoms. The van der Waals surface area contributed by atoms with Crippen molar-refractivity contribution in [3.63, 3.8) is 0 Å². The van der Waals surface area contributed by atoms with Crippen LogP contribution in [0, 0.1) is 13.8 Å². The zero-order valence-electron chi connectivity index (χ0n) is 16.5. The predicted octanol–water partition coefficient (Wildman–Crippen LogP) is 2.82. The van der Waals surface area contributed by atoms with Gasteiger partial charge in [0.15, 0.2) is 5.16 Å². The normalized spacial score (nSPS) is 10.5. The molecule has 1 amide bonds. The Morgan fingerprint density at radius 1 is 1.17 bits per heavy atom. The second kappa shape index (κ2) is 10.2. The molecular weight excluding hydrogens is 416 g/mol. The number of hydrogen-bond acceptors (Lipinski definition) is 10. The van der Waals surface area contributed by atoms with E-state index < -0.39 is 11.9 Å². The third kappa shape index (κ3) is 5.67. The van der Waals surface area contributed by atoms with Crippen molar-refractivity contribution in [3.05, 3.63) is 27.8 Å². The molecule has 0 aliphatic carbocycles. The van der Waals surface area contributed by atoms with Crippen molar-refractivity contribution in [1.82, 2.24) is 9.97 Å². The number of nitrogens with zero attached hydrogens (tertiary/aromatic N) is 2. The minimum absolute atomic E-state index is 0.00352. The first-order valence-corrected chi connectivity index (χ1v) is 10.6. The van der Waals surface area contributed by atoms with Gasteiger partial charge >= 0.3 is 11.9 Å². The van der Waals surface area contributed by atoms with Crippen LogP contribution < -0.4 is 11.1 Å². The molecular formula is C18H22N4O5S2. The van der Waals surface area contributed by atoms with Crippen molar-refractivity contribution in [2.45, 2.75) is 32.9 Å². The summed E-state index contributed by atoms with van der Waals surface area (Å²) < 4.78 is 9.94. The van der Waals surface area contributed by atoms with Crippen LogP contribution in [-0.2, 0) is 14.3 Å². The van der Waals surface area contributed by atoms with Crippen molar-refractivity contribution < 1.29 is 23.9 Å². The average Bonchev–Trinajstić information content (AvgIpc) is 2.94. The molecule has 0 radical (unpaired) electrons. The molecule has 0 unspecified atom stereocenters. The van der Waals surface area contributed by atoms with E-state index in [2.05, 4.69) is 15.3 Å². The Balaban J connectivity index is 2.04. The number of thioether (sulfide) groups is 1. The van der Waals surface area contributed by atoms with Gasteiger partial charge in [-0.05, 0) is 33.3 Å². The topological polar surface area (TPSA) is 134 Å². The zero-order chi connectivity index (χ0) is 21.6. The largest absolute Gasteiger partial charge is 0.462 e.